The van der Waals surface area contributed by atoms with Gasteiger partial charge < -0.3 is 4.74 Å². The Morgan fingerprint density at radius 3 is 2.16 bits per heavy atom. The lowest BCUT2D eigenvalue weighted by Gasteiger charge is -2.17. The van der Waals surface area contributed by atoms with Crippen LogP contribution in [0, 0.1) is 6.92 Å². The molecule has 1 aliphatic carbocycles. The van der Waals surface area contributed by atoms with Crippen LogP contribution in [0.25, 0.3) is 0 Å². The van der Waals surface area contributed by atoms with Crippen molar-refractivity contribution in [2.75, 3.05) is 0 Å². The third-order valence-corrected chi connectivity index (χ3v) is 5.76. The molecule has 0 heterocycles. The van der Waals surface area contributed by atoms with Gasteiger partial charge in [0, 0.05) is 0 Å². The molecule has 0 spiro atoms. The van der Waals surface area contributed by atoms with Crippen LogP contribution < -0.4 is 0 Å². The molecule has 19 heavy (non-hydrogen) atoms. The lowest BCUT2D eigenvalue weighted by molar-refractivity contribution is -0.147. The minimum absolute atomic E-state index is 0.191. The summed E-state index contributed by atoms with van der Waals surface area (Å²) in [6.45, 7) is 5.31. The standard InChI is InChI=1S/C14H18O4S/c1-10(2)18-13(15)14(8-9-14)19(16,17)12-6-4-11(3)5-7-12/h4-7,10H,8-9H2,1-3H3. The van der Waals surface area contributed by atoms with Gasteiger partial charge in [0.05, 0.1) is 11.0 Å². The number of carbonyl (C=O) groups excluding carboxylic acids is 1. The van der Waals surface area contributed by atoms with E-state index in [1.54, 1.807) is 38.1 Å². The zero-order chi connectivity index (χ0) is 14.3. The molecule has 1 aromatic rings. The van der Waals surface area contributed by atoms with Crippen molar-refractivity contribution in [3.05, 3.63) is 29.8 Å². The SMILES string of the molecule is Cc1ccc(S(=O)(=O)C2(C(=O)OC(C)C)CC2)cc1. The number of esters is 1. The van der Waals surface area contributed by atoms with E-state index in [-0.39, 0.29) is 11.0 Å². The molecular formula is C14H18O4S. The normalized spacial score (nSPS) is 17.3. The van der Waals surface area contributed by atoms with E-state index >= 15 is 0 Å². The quantitative estimate of drug-likeness (QED) is 0.795. The largest absolute Gasteiger partial charge is 0.462 e. The van der Waals surface area contributed by atoms with E-state index in [1.165, 1.54) is 0 Å². The van der Waals surface area contributed by atoms with Crippen LogP contribution in [-0.2, 0) is 19.4 Å². The highest BCUT2D eigenvalue weighted by Crippen LogP contribution is 2.47. The van der Waals surface area contributed by atoms with Gasteiger partial charge in [0.2, 0.25) is 0 Å². The van der Waals surface area contributed by atoms with Crippen molar-refractivity contribution in [2.24, 2.45) is 0 Å². The summed E-state index contributed by atoms with van der Waals surface area (Å²) < 4.78 is 28.8. The van der Waals surface area contributed by atoms with Crippen molar-refractivity contribution in [1.82, 2.24) is 0 Å². The van der Waals surface area contributed by atoms with Gasteiger partial charge in [-0.05, 0) is 45.7 Å². The molecule has 2 rings (SSSR count). The molecule has 0 unspecified atom stereocenters. The van der Waals surface area contributed by atoms with E-state index in [0.29, 0.717) is 12.8 Å². The molecule has 0 saturated heterocycles. The predicted octanol–water partition coefficient (Wildman–Crippen LogP) is 2.25. The van der Waals surface area contributed by atoms with E-state index in [4.69, 9.17) is 4.74 Å². The highest BCUT2D eigenvalue weighted by atomic mass is 32.2. The first-order valence-electron chi connectivity index (χ1n) is 6.32. The van der Waals surface area contributed by atoms with Crippen LogP contribution in [0.2, 0.25) is 0 Å². The molecule has 1 aliphatic rings. The Morgan fingerprint density at radius 1 is 1.21 bits per heavy atom. The molecule has 0 radical (unpaired) electrons. The van der Waals surface area contributed by atoms with Crippen LogP contribution >= 0.6 is 0 Å². The molecule has 0 atom stereocenters. The lowest BCUT2D eigenvalue weighted by atomic mass is 10.2. The number of aryl methyl sites for hydroxylation is 1. The Morgan fingerprint density at radius 2 is 1.74 bits per heavy atom. The van der Waals surface area contributed by atoms with Gasteiger partial charge in [-0.3, -0.25) is 4.79 Å². The molecule has 0 aliphatic heterocycles. The van der Waals surface area contributed by atoms with Crippen molar-refractivity contribution in [2.45, 2.75) is 49.4 Å². The minimum atomic E-state index is -3.66. The third kappa shape index (κ3) is 2.39. The fraction of sp³-hybridized carbons (Fsp3) is 0.500. The fourth-order valence-electron chi connectivity index (χ4n) is 1.96. The Bertz CT molecular complexity index is 580. The maximum atomic E-state index is 12.5. The number of rotatable bonds is 4. The van der Waals surface area contributed by atoms with Gasteiger partial charge in [-0.2, -0.15) is 0 Å². The maximum absolute atomic E-state index is 12.5. The number of hydrogen-bond donors (Lipinski definition) is 0. The molecule has 1 saturated carbocycles. The molecule has 0 N–H and O–H groups in total. The molecule has 5 heteroatoms. The zero-order valence-electron chi connectivity index (χ0n) is 11.3. The molecule has 0 amide bonds. The van der Waals surface area contributed by atoms with Crippen LogP contribution in [0.15, 0.2) is 29.2 Å². The van der Waals surface area contributed by atoms with E-state index in [0.717, 1.165) is 5.56 Å². The second-order valence-corrected chi connectivity index (χ2v) is 7.52. The highest BCUT2D eigenvalue weighted by molar-refractivity contribution is 7.94. The first-order chi connectivity index (χ1) is 8.79. The van der Waals surface area contributed by atoms with Gasteiger partial charge in [-0.15, -0.1) is 0 Å². The average Bonchev–Trinajstić information content (AvgIpc) is 3.09. The van der Waals surface area contributed by atoms with Crippen molar-refractivity contribution in [3.8, 4) is 0 Å². The van der Waals surface area contributed by atoms with E-state index < -0.39 is 20.6 Å². The van der Waals surface area contributed by atoms with E-state index in [1.807, 2.05) is 6.92 Å². The summed E-state index contributed by atoms with van der Waals surface area (Å²) in [6, 6.07) is 6.56. The van der Waals surface area contributed by atoms with Crippen molar-refractivity contribution in [1.29, 1.82) is 0 Å². The predicted molar refractivity (Wildman–Crippen MR) is 71.6 cm³/mol. The highest BCUT2D eigenvalue weighted by Gasteiger charge is 2.62. The number of carbonyl (C=O) groups is 1. The summed E-state index contributed by atoms with van der Waals surface area (Å²) in [4.78, 5) is 12.2. The smallest absolute Gasteiger partial charge is 0.328 e. The van der Waals surface area contributed by atoms with Crippen LogP contribution in [-0.4, -0.2) is 25.2 Å². The van der Waals surface area contributed by atoms with Crippen molar-refractivity contribution in [3.63, 3.8) is 0 Å². The van der Waals surface area contributed by atoms with Gasteiger partial charge in [-0.1, -0.05) is 17.7 Å². The van der Waals surface area contributed by atoms with E-state index in [2.05, 4.69) is 0 Å². The number of benzene rings is 1. The van der Waals surface area contributed by atoms with Crippen LogP contribution in [0.1, 0.15) is 32.3 Å². The summed E-state index contributed by atoms with van der Waals surface area (Å²) in [5, 5.41) is 0. The van der Waals surface area contributed by atoms with Crippen molar-refractivity contribution < 1.29 is 17.9 Å². The summed E-state index contributed by atoms with van der Waals surface area (Å²) >= 11 is 0. The van der Waals surface area contributed by atoms with Gasteiger partial charge in [-0.25, -0.2) is 8.42 Å². The summed E-state index contributed by atoms with van der Waals surface area (Å²) in [6.07, 6.45) is 0.377. The molecule has 4 nitrogen and oxygen atoms in total. The second kappa shape index (κ2) is 4.63. The monoisotopic (exact) mass is 282 g/mol. The van der Waals surface area contributed by atoms with Crippen LogP contribution in [0.3, 0.4) is 0 Å². The number of hydrogen-bond acceptors (Lipinski definition) is 4. The summed E-state index contributed by atoms with van der Waals surface area (Å²) in [5.41, 5.74) is 0.980. The van der Waals surface area contributed by atoms with Crippen LogP contribution in [0.4, 0.5) is 0 Å². The Labute approximate surface area is 113 Å². The van der Waals surface area contributed by atoms with Gasteiger partial charge >= 0.3 is 5.97 Å². The first kappa shape index (κ1) is 14.1. The summed E-state index contributed by atoms with van der Waals surface area (Å²) in [7, 11) is -3.66. The van der Waals surface area contributed by atoms with Gasteiger partial charge in [0.25, 0.3) is 0 Å². The minimum Gasteiger partial charge on any atom is -0.462 e. The fourth-order valence-corrected chi connectivity index (χ4v) is 3.81. The molecule has 0 bridgehead atoms. The molecule has 1 fully saturated rings. The molecule has 104 valence electrons. The second-order valence-electron chi connectivity index (χ2n) is 5.26. The summed E-state index contributed by atoms with van der Waals surface area (Å²) in [5.74, 6) is -0.622. The molecule has 1 aromatic carbocycles. The van der Waals surface area contributed by atoms with Crippen molar-refractivity contribution >= 4 is 15.8 Å². The Balaban J connectivity index is 2.34. The lowest BCUT2D eigenvalue weighted by Crippen LogP contribution is -2.35. The topological polar surface area (TPSA) is 60.4 Å². The average molecular weight is 282 g/mol. The van der Waals surface area contributed by atoms with E-state index in [9.17, 15) is 13.2 Å². The van der Waals surface area contributed by atoms with Crippen LogP contribution in [0.5, 0.6) is 0 Å². The van der Waals surface area contributed by atoms with Gasteiger partial charge in [0.1, 0.15) is 0 Å². The number of sulfone groups is 1. The molecule has 0 aromatic heterocycles. The molecular weight excluding hydrogens is 264 g/mol. The zero-order valence-corrected chi connectivity index (χ0v) is 12.2. The third-order valence-electron chi connectivity index (χ3n) is 3.26. The number of ether oxygens (including phenoxy) is 1. The Hall–Kier alpha value is -1.36. The first-order valence-corrected chi connectivity index (χ1v) is 7.80. The Kier molecular flexibility index (Phi) is 3.43. The van der Waals surface area contributed by atoms with Gasteiger partial charge in [0.15, 0.2) is 14.6 Å². The maximum Gasteiger partial charge on any atom is 0.328 e.